The number of carbonyl (C=O) groups is 3. The van der Waals surface area contributed by atoms with E-state index in [1.165, 1.54) is 25.7 Å². The summed E-state index contributed by atoms with van der Waals surface area (Å²) in [6.07, 6.45) is 51.9. The molecule has 0 aliphatic carbocycles. The zero-order valence-electron chi connectivity index (χ0n) is 34.0. The first kappa shape index (κ1) is 49.6. The Hall–Kier alpha value is -3.41. The maximum absolute atomic E-state index is 12.5. The number of allylic oxidation sites excluding steroid dienone is 14. The van der Waals surface area contributed by atoms with Gasteiger partial charge in [0.1, 0.15) is 13.2 Å². The van der Waals surface area contributed by atoms with Gasteiger partial charge < -0.3 is 14.2 Å². The van der Waals surface area contributed by atoms with Gasteiger partial charge in [0, 0.05) is 19.3 Å². The summed E-state index contributed by atoms with van der Waals surface area (Å²) in [6.45, 7) is 6.30. The molecule has 0 N–H and O–H groups in total. The molecule has 0 saturated carbocycles. The smallest absolute Gasteiger partial charge is 0.306 e. The molecule has 0 heterocycles. The van der Waals surface area contributed by atoms with Crippen LogP contribution >= 0.6 is 0 Å². The highest BCUT2D eigenvalue weighted by atomic mass is 16.6. The summed E-state index contributed by atoms with van der Waals surface area (Å²) in [6, 6.07) is 0. The number of hydrogen-bond acceptors (Lipinski definition) is 6. The van der Waals surface area contributed by atoms with Crippen molar-refractivity contribution in [2.24, 2.45) is 0 Å². The average molecular weight is 737 g/mol. The molecule has 0 amide bonds. The van der Waals surface area contributed by atoms with Crippen LogP contribution in [0.15, 0.2) is 85.1 Å². The number of ether oxygens (including phenoxy) is 3. The van der Waals surface area contributed by atoms with Crippen LogP contribution in [0.4, 0.5) is 0 Å². The minimum atomic E-state index is -0.790. The molecule has 0 bridgehead atoms. The highest BCUT2D eigenvalue weighted by Crippen LogP contribution is 2.11. The molecule has 1 unspecified atom stereocenters. The van der Waals surface area contributed by atoms with E-state index >= 15 is 0 Å². The molecule has 0 aromatic carbocycles. The van der Waals surface area contributed by atoms with Crippen LogP contribution in [0.25, 0.3) is 0 Å². The standard InChI is InChI=1S/C47H76O6/c1-4-7-10-13-15-16-17-18-19-20-21-22-23-24-25-26-27-28-29-30-32-34-37-40-46(49)52-43-44(42-51-45(48)39-36-33-12-9-6-3)53-47(50)41-38-35-31-14-11-8-5-2/h7,10,15-16,18-19,21-22,24-25,27-28,30,32,44H,4-6,8-9,11-14,17,20,23,26,29,31,33-43H2,1-3H3/b10-7-,16-15-,19-18-,22-21-,25-24-,28-27-,32-30-. The van der Waals surface area contributed by atoms with Crippen LogP contribution in [0.3, 0.4) is 0 Å². The Balaban J connectivity index is 4.25. The highest BCUT2D eigenvalue weighted by Gasteiger charge is 2.19. The van der Waals surface area contributed by atoms with E-state index < -0.39 is 6.10 Å². The van der Waals surface area contributed by atoms with Crippen LogP contribution in [0.5, 0.6) is 0 Å². The van der Waals surface area contributed by atoms with Gasteiger partial charge in [-0.25, -0.2) is 0 Å². The maximum Gasteiger partial charge on any atom is 0.306 e. The third-order valence-corrected chi connectivity index (χ3v) is 8.41. The fourth-order valence-electron chi connectivity index (χ4n) is 5.25. The lowest BCUT2D eigenvalue weighted by Gasteiger charge is -2.18. The first-order valence-corrected chi connectivity index (χ1v) is 21.1. The first-order valence-electron chi connectivity index (χ1n) is 21.1. The van der Waals surface area contributed by atoms with Gasteiger partial charge in [-0.15, -0.1) is 0 Å². The molecule has 1 atom stereocenters. The lowest BCUT2D eigenvalue weighted by atomic mass is 10.1. The summed E-state index contributed by atoms with van der Waals surface area (Å²) in [5, 5.41) is 0. The molecule has 6 nitrogen and oxygen atoms in total. The Labute approximate surface area is 325 Å². The zero-order chi connectivity index (χ0) is 38.7. The monoisotopic (exact) mass is 737 g/mol. The van der Waals surface area contributed by atoms with Crippen molar-refractivity contribution in [2.75, 3.05) is 13.2 Å². The van der Waals surface area contributed by atoms with Gasteiger partial charge in [-0.3, -0.25) is 14.4 Å². The Morgan fingerprint density at radius 3 is 1.15 bits per heavy atom. The van der Waals surface area contributed by atoms with E-state index in [9.17, 15) is 14.4 Å². The van der Waals surface area contributed by atoms with Crippen molar-refractivity contribution in [3.8, 4) is 0 Å². The maximum atomic E-state index is 12.5. The molecule has 0 rings (SSSR count). The molecule has 0 radical (unpaired) electrons. The van der Waals surface area contributed by atoms with Crippen molar-refractivity contribution in [2.45, 2.75) is 181 Å². The molecule has 0 aromatic rings. The molecule has 0 aliphatic rings. The molecule has 300 valence electrons. The summed E-state index contributed by atoms with van der Waals surface area (Å²) in [7, 11) is 0. The minimum Gasteiger partial charge on any atom is -0.462 e. The lowest BCUT2D eigenvalue weighted by Crippen LogP contribution is -2.30. The van der Waals surface area contributed by atoms with E-state index in [0.29, 0.717) is 19.3 Å². The molecular formula is C47H76O6. The third-order valence-electron chi connectivity index (χ3n) is 8.41. The largest absolute Gasteiger partial charge is 0.462 e. The average Bonchev–Trinajstić information content (AvgIpc) is 3.15. The van der Waals surface area contributed by atoms with E-state index in [1.807, 2.05) is 0 Å². The first-order chi connectivity index (χ1) is 26.0. The van der Waals surface area contributed by atoms with Gasteiger partial charge in [0.2, 0.25) is 0 Å². The summed E-state index contributed by atoms with van der Waals surface area (Å²) in [5.74, 6) is -0.991. The SMILES string of the molecule is CC/C=C\C/C=C\C/C=C\C/C=C\C/C=C\C/C=C\C/C=C\CCCC(=O)OCC(COC(=O)CCCCCCC)OC(=O)CCCCCCCCC. The van der Waals surface area contributed by atoms with E-state index in [0.717, 1.165) is 103 Å². The summed E-state index contributed by atoms with van der Waals surface area (Å²) >= 11 is 0. The molecule has 0 aliphatic heterocycles. The lowest BCUT2D eigenvalue weighted by molar-refractivity contribution is -0.167. The Morgan fingerprint density at radius 1 is 0.396 bits per heavy atom. The summed E-state index contributed by atoms with van der Waals surface area (Å²) in [4.78, 5) is 37.2. The van der Waals surface area contributed by atoms with Crippen molar-refractivity contribution >= 4 is 17.9 Å². The second kappa shape index (κ2) is 41.3. The molecule has 0 aromatic heterocycles. The third kappa shape index (κ3) is 39.6. The van der Waals surface area contributed by atoms with Gasteiger partial charge in [0.05, 0.1) is 0 Å². The van der Waals surface area contributed by atoms with Crippen molar-refractivity contribution in [1.82, 2.24) is 0 Å². The second-order valence-corrected chi connectivity index (χ2v) is 13.5. The second-order valence-electron chi connectivity index (χ2n) is 13.5. The van der Waals surface area contributed by atoms with Gasteiger partial charge in [-0.2, -0.15) is 0 Å². The molecule has 0 fully saturated rings. The zero-order valence-corrected chi connectivity index (χ0v) is 34.0. The number of hydrogen-bond donors (Lipinski definition) is 0. The van der Waals surface area contributed by atoms with Crippen LogP contribution in [0, 0.1) is 0 Å². The van der Waals surface area contributed by atoms with Crippen LogP contribution < -0.4 is 0 Å². The molecule has 6 heteroatoms. The van der Waals surface area contributed by atoms with Crippen LogP contribution in [-0.4, -0.2) is 37.2 Å². The van der Waals surface area contributed by atoms with Crippen LogP contribution in [0.1, 0.15) is 175 Å². The fourth-order valence-corrected chi connectivity index (χ4v) is 5.25. The van der Waals surface area contributed by atoms with Gasteiger partial charge in [0.25, 0.3) is 0 Å². The topological polar surface area (TPSA) is 78.9 Å². The fraction of sp³-hybridized carbons (Fsp3) is 0.638. The highest BCUT2D eigenvalue weighted by molar-refractivity contribution is 5.71. The number of rotatable bonds is 36. The van der Waals surface area contributed by atoms with Crippen LogP contribution in [-0.2, 0) is 28.6 Å². The van der Waals surface area contributed by atoms with Crippen molar-refractivity contribution in [3.63, 3.8) is 0 Å². The Morgan fingerprint density at radius 2 is 0.736 bits per heavy atom. The quantitative estimate of drug-likeness (QED) is 0.0276. The summed E-state index contributed by atoms with van der Waals surface area (Å²) < 4.78 is 16.4. The molecule has 53 heavy (non-hydrogen) atoms. The Kier molecular flexibility index (Phi) is 38.7. The van der Waals surface area contributed by atoms with Gasteiger partial charge >= 0.3 is 17.9 Å². The summed E-state index contributed by atoms with van der Waals surface area (Å²) in [5.41, 5.74) is 0. The molecule has 0 spiro atoms. The van der Waals surface area contributed by atoms with Crippen LogP contribution in [0.2, 0.25) is 0 Å². The Bertz CT molecular complexity index is 1080. The normalized spacial score (nSPS) is 12.9. The van der Waals surface area contributed by atoms with E-state index in [2.05, 4.69) is 106 Å². The predicted octanol–water partition coefficient (Wildman–Crippen LogP) is 13.3. The number of unbranched alkanes of at least 4 members (excludes halogenated alkanes) is 11. The van der Waals surface area contributed by atoms with Crippen molar-refractivity contribution in [3.05, 3.63) is 85.1 Å². The van der Waals surface area contributed by atoms with E-state index in [-0.39, 0.29) is 37.5 Å². The molecular weight excluding hydrogens is 661 g/mol. The van der Waals surface area contributed by atoms with Crippen molar-refractivity contribution in [1.29, 1.82) is 0 Å². The minimum absolute atomic E-state index is 0.0961. The number of carbonyl (C=O) groups excluding carboxylic acids is 3. The predicted molar refractivity (Wildman–Crippen MR) is 224 cm³/mol. The van der Waals surface area contributed by atoms with E-state index in [1.54, 1.807) is 0 Å². The van der Waals surface area contributed by atoms with E-state index in [4.69, 9.17) is 14.2 Å². The molecule has 0 saturated heterocycles. The van der Waals surface area contributed by atoms with Gasteiger partial charge in [-0.05, 0) is 70.6 Å². The number of esters is 3. The van der Waals surface area contributed by atoms with Crippen molar-refractivity contribution < 1.29 is 28.6 Å². The van der Waals surface area contributed by atoms with Gasteiger partial charge in [0.15, 0.2) is 6.10 Å². The van der Waals surface area contributed by atoms with Gasteiger partial charge in [-0.1, -0.05) is 170 Å².